The number of nitrogens with zero attached hydrogens (tertiary/aromatic N) is 1. The molecule has 1 fully saturated rings. The van der Waals surface area contributed by atoms with E-state index in [1.807, 2.05) is 0 Å². The monoisotopic (exact) mass is 352 g/mol. The quantitative estimate of drug-likeness (QED) is 0.822. The standard InChI is InChI=1S/C13H17FN2O4S.ClH/c1-9-8-15-6-7-16(9)21(18,19)11-5-3-4-10(14)12(11)13(17)20-2;/h3-5,9,15H,6-8H2,1-2H3;1H. The molecule has 0 spiro atoms. The summed E-state index contributed by atoms with van der Waals surface area (Å²) in [6, 6.07) is 3.24. The average molecular weight is 353 g/mol. The lowest BCUT2D eigenvalue weighted by molar-refractivity contribution is 0.0590. The molecule has 1 aliphatic rings. The molecule has 22 heavy (non-hydrogen) atoms. The Morgan fingerprint density at radius 1 is 1.45 bits per heavy atom. The van der Waals surface area contributed by atoms with Crippen LogP contribution in [-0.2, 0) is 14.8 Å². The van der Waals surface area contributed by atoms with E-state index in [-0.39, 0.29) is 29.9 Å². The summed E-state index contributed by atoms with van der Waals surface area (Å²) in [5, 5.41) is 3.08. The molecule has 1 atom stereocenters. The Kier molecular flexibility index (Phi) is 6.30. The molecule has 1 aliphatic heterocycles. The van der Waals surface area contributed by atoms with Gasteiger partial charge in [0, 0.05) is 25.7 Å². The Bertz CT molecular complexity index is 653. The van der Waals surface area contributed by atoms with Crippen molar-refractivity contribution in [3.63, 3.8) is 0 Å². The summed E-state index contributed by atoms with van der Waals surface area (Å²) in [7, 11) is -2.89. The largest absolute Gasteiger partial charge is 0.465 e. The first-order valence-corrected chi connectivity index (χ1v) is 7.93. The van der Waals surface area contributed by atoms with Gasteiger partial charge in [0.25, 0.3) is 0 Å². The van der Waals surface area contributed by atoms with Gasteiger partial charge >= 0.3 is 5.97 Å². The van der Waals surface area contributed by atoms with Gasteiger partial charge in [-0.25, -0.2) is 17.6 Å². The molecular formula is C13H18ClFN2O4S. The number of methoxy groups -OCH3 is 1. The number of rotatable bonds is 3. The van der Waals surface area contributed by atoms with Gasteiger partial charge in [-0.15, -0.1) is 12.4 Å². The highest BCUT2D eigenvalue weighted by Crippen LogP contribution is 2.25. The van der Waals surface area contributed by atoms with Crippen LogP contribution >= 0.6 is 12.4 Å². The van der Waals surface area contributed by atoms with E-state index in [2.05, 4.69) is 10.1 Å². The molecule has 9 heteroatoms. The number of benzene rings is 1. The number of hydrogen-bond donors (Lipinski definition) is 1. The molecule has 0 aliphatic carbocycles. The van der Waals surface area contributed by atoms with Crippen molar-refractivity contribution in [1.82, 2.24) is 9.62 Å². The second-order valence-corrected chi connectivity index (χ2v) is 6.63. The SMILES string of the molecule is COC(=O)c1c(F)cccc1S(=O)(=O)N1CCNCC1C.Cl. The predicted molar refractivity (Wildman–Crippen MR) is 81.2 cm³/mol. The second-order valence-electron chi connectivity index (χ2n) is 4.77. The van der Waals surface area contributed by atoms with Gasteiger partial charge in [0.2, 0.25) is 10.0 Å². The van der Waals surface area contributed by atoms with Crippen LogP contribution in [0.15, 0.2) is 23.1 Å². The molecular weight excluding hydrogens is 335 g/mol. The fourth-order valence-corrected chi connectivity index (χ4v) is 4.15. The molecule has 0 bridgehead atoms. The maximum atomic E-state index is 13.9. The number of sulfonamides is 1. The van der Waals surface area contributed by atoms with Crippen LogP contribution in [0.4, 0.5) is 4.39 Å². The first kappa shape index (κ1) is 18.8. The molecule has 0 saturated carbocycles. The van der Waals surface area contributed by atoms with Gasteiger partial charge in [0.1, 0.15) is 11.4 Å². The highest BCUT2D eigenvalue weighted by molar-refractivity contribution is 7.89. The number of ether oxygens (including phenoxy) is 1. The van der Waals surface area contributed by atoms with Gasteiger partial charge in [0.15, 0.2) is 0 Å². The lowest BCUT2D eigenvalue weighted by atomic mass is 10.2. The van der Waals surface area contributed by atoms with Crippen LogP contribution in [0.25, 0.3) is 0 Å². The lowest BCUT2D eigenvalue weighted by Gasteiger charge is -2.33. The number of piperazine rings is 1. The second kappa shape index (κ2) is 7.36. The molecule has 0 amide bonds. The summed E-state index contributed by atoms with van der Waals surface area (Å²) in [4.78, 5) is 11.4. The molecule has 1 unspecified atom stereocenters. The topological polar surface area (TPSA) is 75.7 Å². The van der Waals surface area contributed by atoms with Crippen molar-refractivity contribution in [3.05, 3.63) is 29.6 Å². The molecule has 0 aromatic heterocycles. The molecule has 0 radical (unpaired) electrons. The normalized spacial score (nSPS) is 19.3. The van der Waals surface area contributed by atoms with Crippen LogP contribution < -0.4 is 5.32 Å². The van der Waals surface area contributed by atoms with E-state index >= 15 is 0 Å². The van der Waals surface area contributed by atoms with Crippen molar-refractivity contribution in [3.8, 4) is 0 Å². The van der Waals surface area contributed by atoms with Crippen molar-refractivity contribution in [1.29, 1.82) is 0 Å². The third-order valence-electron chi connectivity index (χ3n) is 3.39. The van der Waals surface area contributed by atoms with Crippen molar-refractivity contribution in [2.24, 2.45) is 0 Å². The molecule has 1 saturated heterocycles. The maximum absolute atomic E-state index is 13.9. The van der Waals surface area contributed by atoms with E-state index in [1.54, 1.807) is 6.92 Å². The van der Waals surface area contributed by atoms with Gasteiger partial charge in [-0.3, -0.25) is 0 Å². The van der Waals surface area contributed by atoms with Crippen molar-refractivity contribution >= 4 is 28.4 Å². The third kappa shape index (κ3) is 3.40. The molecule has 6 nitrogen and oxygen atoms in total. The highest BCUT2D eigenvalue weighted by atomic mass is 35.5. The Balaban J connectivity index is 0.00000242. The van der Waals surface area contributed by atoms with Crippen molar-refractivity contribution < 1.29 is 22.3 Å². The zero-order valence-corrected chi connectivity index (χ0v) is 13.8. The van der Waals surface area contributed by atoms with Crippen LogP contribution in [0.5, 0.6) is 0 Å². The fraction of sp³-hybridized carbons (Fsp3) is 0.462. The van der Waals surface area contributed by atoms with Gasteiger partial charge in [0.05, 0.1) is 12.0 Å². The van der Waals surface area contributed by atoms with Crippen LogP contribution in [0.3, 0.4) is 0 Å². The van der Waals surface area contributed by atoms with E-state index in [4.69, 9.17) is 0 Å². The first-order chi connectivity index (χ1) is 9.89. The minimum absolute atomic E-state index is 0. The van der Waals surface area contributed by atoms with Gasteiger partial charge in [-0.2, -0.15) is 4.31 Å². The van der Waals surface area contributed by atoms with E-state index < -0.39 is 27.4 Å². The smallest absolute Gasteiger partial charge is 0.342 e. The Morgan fingerprint density at radius 2 is 2.14 bits per heavy atom. The van der Waals surface area contributed by atoms with Crippen LogP contribution in [0.1, 0.15) is 17.3 Å². The fourth-order valence-electron chi connectivity index (χ4n) is 2.33. The summed E-state index contributed by atoms with van der Waals surface area (Å²) >= 11 is 0. The summed E-state index contributed by atoms with van der Waals surface area (Å²) < 4.78 is 45.1. The number of nitrogens with one attached hydrogen (secondary N) is 1. The summed E-state index contributed by atoms with van der Waals surface area (Å²) in [5.74, 6) is -1.92. The number of halogens is 2. The molecule has 1 aromatic rings. The molecule has 1 N–H and O–H groups in total. The van der Waals surface area contributed by atoms with Gasteiger partial charge in [-0.05, 0) is 19.1 Å². The zero-order valence-electron chi connectivity index (χ0n) is 12.2. The molecule has 1 heterocycles. The predicted octanol–water partition coefficient (Wildman–Crippen LogP) is 1.02. The van der Waals surface area contributed by atoms with E-state index in [1.165, 1.54) is 16.4 Å². The highest BCUT2D eigenvalue weighted by Gasteiger charge is 2.35. The van der Waals surface area contributed by atoms with Crippen LogP contribution in [0.2, 0.25) is 0 Å². The minimum Gasteiger partial charge on any atom is -0.465 e. The third-order valence-corrected chi connectivity index (χ3v) is 5.45. The number of carbonyl (C=O) groups excluding carboxylic acids is 1. The van der Waals surface area contributed by atoms with Crippen LogP contribution in [0, 0.1) is 5.82 Å². The number of esters is 1. The lowest BCUT2D eigenvalue weighted by Crippen LogP contribution is -2.52. The summed E-state index contributed by atoms with van der Waals surface area (Å²) in [6.07, 6.45) is 0. The minimum atomic E-state index is -3.97. The maximum Gasteiger partial charge on any atom is 0.342 e. The summed E-state index contributed by atoms with van der Waals surface area (Å²) in [5.41, 5.74) is -0.550. The molecule has 124 valence electrons. The van der Waals surface area contributed by atoms with Crippen molar-refractivity contribution in [2.45, 2.75) is 17.9 Å². The molecule has 2 rings (SSSR count). The van der Waals surface area contributed by atoms with E-state index in [9.17, 15) is 17.6 Å². The van der Waals surface area contributed by atoms with Gasteiger partial charge < -0.3 is 10.1 Å². The summed E-state index contributed by atoms with van der Waals surface area (Å²) in [6.45, 7) is 3.02. The number of carbonyl (C=O) groups is 1. The zero-order chi connectivity index (χ0) is 15.6. The number of hydrogen-bond acceptors (Lipinski definition) is 5. The Hall–Kier alpha value is -1.22. The first-order valence-electron chi connectivity index (χ1n) is 6.49. The van der Waals surface area contributed by atoms with Gasteiger partial charge in [-0.1, -0.05) is 6.07 Å². The molecule has 1 aromatic carbocycles. The van der Waals surface area contributed by atoms with E-state index in [0.717, 1.165) is 13.2 Å². The van der Waals surface area contributed by atoms with E-state index in [0.29, 0.717) is 13.1 Å². The van der Waals surface area contributed by atoms with Crippen LogP contribution in [-0.4, -0.2) is 51.5 Å². The Labute approximate surface area is 135 Å². The average Bonchev–Trinajstić information content (AvgIpc) is 2.46. The van der Waals surface area contributed by atoms with Crippen molar-refractivity contribution in [2.75, 3.05) is 26.7 Å². The Morgan fingerprint density at radius 3 is 2.73 bits per heavy atom.